The van der Waals surface area contributed by atoms with Crippen molar-refractivity contribution in [2.45, 2.75) is 38.6 Å². The number of nitrogens with zero attached hydrogens (tertiary/aromatic N) is 6. The minimum atomic E-state index is -0.121. The molecule has 1 N–H and O–H groups in total. The van der Waals surface area contributed by atoms with Gasteiger partial charge in [-0.05, 0) is 19.3 Å². The van der Waals surface area contributed by atoms with E-state index in [2.05, 4.69) is 32.7 Å². The second-order valence-corrected chi connectivity index (χ2v) is 6.37. The molecule has 2 amide bonds. The lowest BCUT2D eigenvalue weighted by Gasteiger charge is -2.32. The van der Waals surface area contributed by atoms with E-state index in [1.165, 1.54) is 11.3 Å². The zero-order valence-corrected chi connectivity index (χ0v) is 13.3. The third-order valence-electron chi connectivity index (χ3n) is 3.64. The van der Waals surface area contributed by atoms with Crippen molar-refractivity contribution in [3.63, 3.8) is 0 Å². The van der Waals surface area contributed by atoms with Gasteiger partial charge in [0.05, 0.1) is 12.2 Å². The fraction of sp³-hybridized carbons (Fsp3) is 0.615. The number of aryl methyl sites for hydroxylation is 1. The number of hydrogen-bond acceptors (Lipinski definition) is 6. The number of likely N-dealkylation sites (tertiary alicyclic amines) is 1. The van der Waals surface area contributed by atoms with Crippen LogP contribution in [-0.4, -0.2) is 49.2 Å². The predicted molar refractivity (Wildman–Crippen MR) is 82.8 cm³/mol. The average Bonchev–Trinajstić information content (AvgIpc) is 3.20. The van der Waals surface area contributed by atoms with Gasteiger partial charge in [0.1, 0.15) is 5.01 Å². The lowest BCUT2D eigenvalue weighted by atomic mass is 10.1. The van der Waals surface area contributed by atoms with Crippen LogP contribution in [0.1, 0.15) is 37.2 Å². The molecule has 2 aromatic rings. The van der Waals surface area contributed by atoms with E-state index in [4.69, 9.17) is 0 Å². The van der Waals surface area contributed by atoms with Crippen LogP contribution in [0.4, 0.5) is 9.93 Å². The lowest BCUT2D eigenvalue weighted by molar-refractivity contribution is 0.174. The SMILES string of the molecule is CCCc1nnc(NC(=O)N2CCC[C@@H](n3ccnn3)C2)s1. The molecule has 22 heavy (non-hydrogen) atoms. The quantitative estimate of drug-likeness (QED) is 0.929. The summed E-state index contributed by atoms with van der Waals surface area (Å²) in [6.45, 7) is 3.48. The van der Waals surface area contributed by atoms with E-state index >= 15 is 0 Å². The number of hydrogen-bond donors (Lipinski definition) is 1. The van der Waals surface area contributed by atoms with E-state index in [1.54, 1.807) is 11.1 Å². The van der Waals surface area contributed by atoms with Crippen molar-refractivity contribution >= 4 is 22.5 Å². The van der Waals surface area contributed by atoms with Crippen molar-refractivity contribution in [3.05, 3.63) is 17.4 Å². The summed E-state index contributed by atoms with van der Waals surface area (Å²) in [5.74, 6) is 0. The Labute approximate surface area is 132 Å². The van der Waals surface area contributed by atoms with Crippen molar-refractivity contribution < 1.29 is 4.79 Å². The third-order valence-corrected chi connectivity index (χ3v) is 4.54. The highest BCUT2D eigenvalue weighted by atomic mass is 32.1. The molecule has 0 aliphatic carbocycles. The Morgan fingerprint density at radius 3 is 3.18 bits per heavy atom. The number of nitrogens with one attached hydrogen (secondary N) is 1. The van der Waals surface area contributed by atoms with Gasteiger partial charge in [-0.2, -0.15) is 0 Å². The van der Waals surface area contributed by atoms with E-state index < -0.39 is 0 Å². The van der Waals surface area contributed by atoms with Crippen LogP contribution in [0.2, 0.25) is 0 Å². The Balaban J connectivity index is 1.59. The molecular weight excluding hydrogens is 302 g/mol. The van der Waals surface area contributed by atoms with Gasteiger partial charge in [-0.3, -0.25) is 5.32 Å². The smallest absolute Gasteiger partial charge is 0.322 e. The van der Waals surface area contributed by atoms with Gasteiger partial charge in [-0.1, -0.05) is 23.5 Å². The third kappa shape index (κ3) is 3.41. The Morgan fingerprint density at radius 2 is 2.41 bits per heavy atom. The van der Waals surface area contributed by atoms with Crippen LogP contribution in [0.25, 0.3) is 0 Å². The first-order chi connectivity index (χ1) is 10.8. The topological polar surface area (TPSA) is 88.8 Å². The van der Waals surface area contributed by atoms with Crippen molar-refractivity contribution in [3.8, 4) is 0 Å². The lowest BCUT2D eigenvalue weighted by Crippen LogP contribution is -2.43. The standard InChI is InChI=1S/C13H19N7OS/c1-2-4-11-16-17-12(22-11)15-13(21)19-7-3-5-10(9-19)20-8-6-14-18-20/h6,8,10H,2-5,7,9H2,1H3,(H,15,17,21)/t10-/m1/s1. The van der Waals surface area contributed by atoms with Gasteiger partial charge >= 0.3 is 6.03 Å². The minimum Gasteiger partial charge on any atom is -0.322 e. The van der Waals surface area contributed by atoms with Crippen LogP contribution in [0.5, 0.6) is 0 Å². The monoisotopic (exact) mass is 321 g/mol. The van der Waals surface area contributed by atoms with Crippen LogP contribution in [0.15, 0.2) is 12.4 Å². The molecule has 0 radical (unpaired) electrons. The fourth-order valence-electron chi connectivity index (χ4n) is 2.56. The molecule has 1 saturated heterocycles. The summed E-state index contributed by atoms with van der Waals surface area (Å²) >= 11 is 1.44. The van der Waals surface area contributed by atoms with Gasteiger partial charge in [0, 0.05) is 25.7 Å². The van der Waals surface area contributed by atoms with Crippen molar-refractivity contribution in [1.82, 2.24) is 30.1 Å². The van der Waals surface area contributed by atoms with Crippen LogP contribution in [0.3, 0.4) is 0 Å². The van der Waals surface area contributed by atoms with Gasteiger partial charge in [-0.15, -0.1) is 15.3 Å². The molecule has 9 heteroatoms. The van der Waals surface area contributed by atoms with Gasteiger partial charge in [0.25, 0.3) is 0 Å². The Bertz CT molecular complexity index is 612. The van der Waals surface area contributed by atoms with Gasteiger partial charge in [-0.25, -0.2) is 9.48 Å². The first-order valence-corrected chi connectivity index (χ1v) is 8.32. The maximum atomic E-state index is 12.4. The number of urea groups is 1. The van der Waals surface area contributed by atoms with Crippen molar-refractivity contribution in [1.29, 1.82) is 0 Å². The molecule has 0 aromatic carbocycles. The van der Waals surface area contributed by atoms with E-state index in [1.807, 2.05) is 10.9 Å². The van der Waals surface area contributed by atoms with Gasteiger partial charge in [0.2, 0.25) is 5.13 Å². The maximum Gasteiger partial charge on any atom is 0.323 e. The number of aromatic nitrogens is 5. The molecule has 0 saturated carbocycles. The summed E-state index contributed by atoms with van der Waals surface area (Å²) < 4.78 is 1.82. The first kappa shape index (κ1) is 14.9. The molecule has 1 atom stereocenters. The van der Waals surface area contributed by atoms with Gasteiger partial charge < -0.3 is 4.90 Å². The largest absolute Gasteiger partial charge is 0.323 e. The Hall–Kier alpha value is -2.03. The summed E-state index contributed by atoms with van der Waals surface area (Å²) in [7, 11) is 0. The molecular formula is C13H19N7OS. The van der Waals surface area contributed by atoms with E-state index in [9.17, 15) is 4.79 Å². The van der Waals surface area contributed by atoms with E-state index in [-0.39, 0.29) is 12.1 Å². The van der Waals surface area contributed by atoms with Crippen LogP contribution in [-0.2, 0) is 6.42 Å². The van der Waals surface area contributed by atoms with E-state index in [0.717, 1.165) is 37.2 Å². The summed E-state index contributed by atoms with van der Waals surface area (Å²) in [6, 6.07) is 0.0658. The van der Waals surface area contributed by atoms with Crippen LogP contribution in [0, 0.1) is 0 Å². The first-order valence-electron chi connectivity index (χ1n) is 7.50. The Kier molecular flexibility index (Phi) is 4.62. The molecule has 0 unspecified atom stereocenters. The zero-order valence-electron chi connectivity index (χ0n) is 12.5. The fourth-order valence-corrected chi connectivity index (χ4v) is 3.39. The van der Waals surface area contributed by atoms with Crippen LogP contribution >= 0.6 is 11.3 Å². The highest BCUT2D eigenvalue weighted by Crippen LogP contribution is 2.22. The summed E-state index contributed by atoms with van der Waals surface area (Å²) in [5.41, 5.74) is 0. The van der Waals surface area contributed by atoms with Gasteiger partial charge in [0.15, 0.2) is 0 Å². The number of carbonyl (C=O) groups excluding carboxylic acids is 1. The van der Waals surface area contributed by atoms with Crippen molar-refractivity contribution in [2.75, 3.05) is 18.4 Å². The number of amides is 2. The molecule has 3 heterocycles. The molecule has 1 aliphatic heterocycles. The number of carbonyl (C=O) groups is 1. The second-order valence-electron chi connectivity index (χ2n) is 5.31. The highest BCUT2D eigenvalue weighted by Gasteiger charge is 2.25. The zero-order chi connectivity index (χ0) is 15.4. The number of piperidine rings is 1. The minimum absolute atomic E-state index is 0.121. The molecule has 2 aromatic heterocycles. The van der Waals surface area contributed by atoms with Crippen LogP contribution < -0.4 is 5.32 Å². The molecule has 1 fully saturated rings. The molecule has 1 aliphatic rings. The number of rotatable bonds is 4. The van der Waals surface area contributed by atoms with E-state index in [0.29, 0.717) is 11.7 Å². The van der Waals surface area contributed by atoms with Crippen molar-refractivity contribution in [2.24, 2.45) is 0 Å². The highest BCUT2D eigenvalue weighted by molar-refractivity contribution is 7.15. The number of anilines is 1. The molecule has 118 valence electrons. The predicted octanol–water partition coefficient (Wildman–Crippen LogP) is 1.95. The summed E-state index contributed by atoms with van der Waals surface area (Å²) in [4.78, 5) is 14.2. The molecule has 0 spiro atoms. The Morgan fingerprint density at radius 1 is 1.50 bits per heavy atom. The second kappa shape index (κ2) is 6.82. The summed E-state index contributed by atoms with van der Waals surface area (Å²) in [5, 5.41) is 20.3. The summed E-state index contributed by atoms with van der Waals surface area (Å²) in [6.07, 6.45) is 7.38. The normalized spacial score (nSPS) is 18.4. The molecule has 3 rings (SSSR count). The molecule has 0 bridgehead atoms. The maximum absolute atomic E-state index is 12.4. The molecule has 8 nitrogen and oxygen atoms in total. The average molecular weight is 321 g/mol.